The number of amides is 2. The Bertz CT molecular complexity index is 364. The van der Waals surface area contributed by atoms with Crippen LogP contribution in [0.2, 0.25) is 0 Å². The number of aliphatic hydroxyl groups is 1. The number of nitrogens with zero attached hydrogens (tertiary/aromatic N) is 1. The Kier molecular flexibility index (Phi) is 5.58. The van der Waals surface area contributed by atoms with Gasteiger partial charge in [0, 0.05) is 25.5 Å². The van der Waals surface area contributed by atoms with Crippen molar-refractivity contribution < 1.29 is 9.90 Å². The number of pyridine rings is 1. The maximum Gasteiger partial charge on any atom is 0.315 e. The second-order valence-corrected chi connectivity index (χ2v) is 4.32. The fourth-order valence-corrected chi connectivity index (χ4v) is 1.49. The van der Waals surface area contributed by atoms with Crippen LogP contribution in [0.5, 0.6) is 0 Å². The number of nitrogens with one attached hydrogen (secondary N) is 2. The molecule has 0 bridgehead atoms. The van der Waals surface area contributed by atoms with Gasteiger partial charge in [-0.3, -0.25) is 4.98 Å². The minimum atomic E-state index is -0.812. The number of urea groups is 1. The molecule has 1 aromatic heterocycles. The monoisotopic (exact) mass is 251 g/mol. The molecule has 0 unspecified atom stereocenters. The molecule has 3 N–H and O–H groups in total. The average molecular weight is 251 g/mol. The second kappa shape index (κ2) is 6.96. The van der Waals surface area contributed by atoms with Crippen LogP contribution in [0.15, 0.2) is 24.5 Å². The number of hydrogen-bond donors (Lipinski definition) is 3. The molecule has 0 fully saturated rings. The highest BCUT2D eigenvalue weighted by atomic mass is 16.3. The van der Waals surface area contributed by atoms with E-state index in [1.165, 1.54) is 0 Å². The van der Waals surface area contributed by atoms with Crippen molar-refractivity contribution in [3.8, 4) is 0 Å². The molecule has 2 amide bonds. The van der Waals surface area contributed by atoms with E-state index >= 15 is 0 Å². The molecule has 0 aliphatic heterocycles. The third-order valence-electron chi connectivity index (χ3n) is 3.10. The molecular weight excluding hydrogens is 230 g/mol. The van der Waals surface area contributed by atoms with Crippen LogP contribution in [-0.2, 0) is 6.54 Å². The van der Waals surface area contributed by atoms with Crippen molar-refractivity contribution in [2.45, 2.75) is 38.8 Å². The molecule has 5 heteroatoms. The van der Waals surface area contributed by atoms with Crippen molar-refractivity contribution in [1.29, 1.82) is 0 Å². The Morgan fingerprint density at radius 1 is 1.28 bits per heavy atom. The zero-order valence-corrected chi connectivity index (χ0v) is 10.9. The van der Waals surface area contributed by atoms with Crippen LogP contribution in [0.3, 0.4) is 0 Å². The lowest BCUT2D eigenvalue weighted by Crippen LogP contribution is -2.45. The molecule has 100 valence electrons. The molecule has 0 aromatic carbocycles. The van der Waals surface area contributed by atoms with E-state index in [0.29, 0.717) is 19.4 Å². The van der Waals surface area contributed by atoms with Crippen molar-refractivity contribution in [2.75, 3.05) is 6.54 Å². The van der Waals surface area contributed by atoms with E-state index in [1.54, 1.807) is 12.4 Å². The predicted molar refractivity (Wildman–Crippen MR) is 70.0 cm³/mol. The summed E-state index contributed by atoms with van der Waals surface area (Å²) in [6, 6.07) is 3.41. The van der Waals surface area contributed by atoms with Crippen LogP contribution in [0.25, 0.3) is 0 Å². The average Bonchev–Trinajstić information content (AvgIpc) is 2.43. The highest BCUT2D eigenvalue weighted by Crippen LogP contribution is 2.12. The Balaban J connectivity index is 2.30. The van der Waals surface area contributed by atoms with Crippen molar-refractivity contribution in [2.24, 2.45) is 0 Å². The van der Waals surface area contributed by atoms with Gasteiger partial charge in [-0.25, -0.2) is 4.79 Å². The van der Waals surface area contributed by atoms with Crippen LogP contribution in [0.4, 0.5) is 4.79 Å². The standard InChI is InChI=1S/C13H21N3O2/c1-3-13(18,4-2)10-16-12(17)15-9-11-5-7-14-8-6-11/h5-8,18H,3-4,9-10H2,1-2H3,(H2,15,16,17). The molecule has 0 saturated carbocycles. The molecule has 0 radical (unpaired) electrons. The van der Waals surface area contributed by atoms with E-state index in [2.05, 4.69) is 15.6 Å². The lowest BCUT2D eigenvalue weighted by atomic mass is 9.98. The number of rotatable bonds is 6. The van der Waals surface area contributed by atoms with Gasteiger partial charge in [0.1, 0.15) is 0 Å². The Hall–Kier alpha value is -1.62. The van der Waals surface area contributed by atoms with E-state index < -0.39 is 5.60 Å². The molecule has 0 spiro atoms. The molecule has 0 saturated heterocycles. The summed E-state index contributed by atoms with van der Waals surface area (Å²) < 4.78 is 0. The second-order valence-electron chi connectivity index (χ2n) is 4.32. The Labute approximate surface area is 108 Å². The van der Waals surface area contributed by atoms with Gasteiger partial charge in [-0.2, -0.15) is 0 Å². The number of carbonyl (C=O) groups is 1. The number of carbonyl (C=O) groups excluding carboxylic acids is 1. The zero-order chi connectivity index (χ0) is 13.4. The van der Waals surface area contributed by atoms with E-state index in [-0.39, 0.29) is 12.6 Å². The van der Waals surface area contributed by atoms with E-state index in [9.17, 15) is 9.90 Å². The van der Waals surface area contributed by atoms with Crippen molar-refractivity contribution in [3.63, 3.8) is 0 Å². The van der Waals surface area contributed by atoms with Crippen LogP contribution in [0.1, 0.15) is 32.3 Å². The topological polar surface area (TPSA) is 74.2 Å². The van der Waals surface area contributed by atoms with Crippen LogP contribution < -0.4 is 10.6 Å². The highest BCUT2D eigenvalue weighted by Gasteiger charge is 2.22. The summed E-state index contributed by atoms with van der Waals surface area (Å²) >= 11 is 0. The Morgan fingerprint density at radius 2 is 1.89 bits per heavy atom. The van der Waals surface area contributed by atoms with Gasteiger partial charge in [-0.1, -0.05) is 13.8 Å². The summed E-state index contributed by atoms with van der Waals surface area (Å²) in [4.78, 5) is 15.4. The van der Waals surface area contributed by atoms with Gasteiger partial charge in [0.25, 0.3) is 0 Å². The van der Waals surface area contributed by atoms with Crippen molar-refractivity contribution >= 4 is 6.03 Å². The first-order chi connectivity index (χ1) is 8.59. The molecule has 18 heavy (non-hydrogen) atoms. The minimum Gasteiger partial charge on any atom is -0.388 e. The molecular formula is C13H21N3O2. The van der Waals surface area contributed by atoms with Crippen LogP contribution in [0, 0.1) is 0 Å². The summed E-state index contributed by atoms with van der Waals surface area (Å²) in [5, 5.41) is 15.4. The van der Waals surface area contributed by atoms with Crippen molar-refractivity contribution in [1.82, 2.24) is 15.6 Å². The maximum atomic E-state index is 11.5. The van der Waals surface area contributed by atoms with E-state index in [1.807, 2.05) is 26.0 Å². The van der Waals surface area contributed by atoms with Gasteiger partial charge in [0.15, 0.2) is 0 Å². The minimum absolute atomic E-state index is 0.266. The van der Waals surface area contributed by atoms with Gasteiger partial charge in [-0.05, 0) is 30.5 Å². The maximum absolute atomic E-state index is 11.5. The number of hydrogen-bond acceptors (Lipinski definition) is 3. The SMILES string of the molecule is CCC(O)(CC)CNC(=O)NCc1ccncc1. The fourth-order valence-electron chi connectivity index (χ4n) is 1.49. The van der Waals surface area contributed by atoms with Gasteiger partial charge in [0.2, 0.25) is 0 Å². The molecule has 0 aliphatic rings. The summed E-state index contributed by atoms with van der Waals surface area (Å²) in [5.41, 5.74) is 0.176. The third kappa shape index (κ3) is 4.71. The molecule has 1 rings (SSSR count). The van der Waals surface area contributed by atoms with Gasteiger partial charge < -0.3 is 15.7 Å². The van der Waals surface area contributed by atoms with E-state index in [0.717, 1.165) is 5.56 Å². The summed E-state index contributed by atoms with van der Waals surface area (Å²) in [7, 11) is 0. The quantitative estimate of drug-likeness (QED) is 0.716. The van der Waals surface area contributed by atoms with Crippen molar-refractivity contribution in [3.05, 3.63) is 30.1 Å². The van der Waals surface area contributed by atoms with E-state index in [4.69, 9.17) is 0 Å². The van der Waals surface area contributed by atoms with Crippen LogP contribution >= 0.6 is 0 Å². The Morgan fingerprint density at radius 3 is 2.44 bits per heavy atom. The third-order valence-corrected chi connectivity index (χ3v) is 3.10. The molecule has 0 aliphatic carbocycles. The molecule has 1 aromatic rings. The lowest BCUT2D eigenvalue weighted by Gasteiger charge is -2.25. The van der Waals surface area contributed by atoms with Crippen LogP contribution in [-0.4, -0.2) is 28.3 Å². The summed E-state index contributed by atoms with van der Waals surface area (Å²) in [6.07, 6.45) is 4.60. The van der Waals surface area contributed by atoms with Gasteiger partial charge >= 0.3 is 6.03 Å². The molecule has 0 atom stereocenters. The first-order valence-electron chi connectivity index (χ1n) is 6.22. The molecule has 5 nitrogen and oxygen atoms in total. The molecule has 1 heterocycles. The van der Waals surface area contributed by atoms with Gasteiger partial charge in [-0.15, -0.1) is 0 Å². The predicted octanol–water partition coefficient (Wildman–Crippen LogP) is 1.43. The summed E-state index contributed by atoms with van der Waals surface area (Å²) in [5.74, 6) is 0. The smallest absolute Gasteiger partial charge is 0.315 e. The zero-order valence-electron chi connectivity index (χ0n) is 10.9. The number of aromatic nitrogens is 1. The fraction of sp³-hybridized carbons (Fsp3) is 0.538. The lowest BCUT2D eigenvalue weighted by molar-refractivity contribution is 0.0349. The summed E-state index contributed by atoms with van der Waals surface area (Å²) in [6.45, 7) is 4.52. The first kappa shape index (κ1) is 14.4. The first-order valence-corrected chi connectivity index (χ1v) is 6.22. The normalized spacial score (nSPS) is 11.1. The highest BCUT2D eigenvalue weighted by molar-refractivity contribution is 5.73. The largest absolute Gasteiger partial charge is 0.388 e. The van der Waals surface area contributed by atoms with Gasteiger partial charge in [0.05, 0.1) is 5.60 Å².